The molecule has 1 radical (unpaired) electrons. The van der Waals surface area contributed by atoms with Crippen LogP contribution in [0.3, 0.4) is 0 Å². The summed E-state index contributed by atoms with van der Waals surface area (Å²) in [6.07, 6.45) is 27.2. The van der Waals surface area contributed by atoms with Crippen LogP contribution in [0.15, 0.2) is 30.3 Å². The molecule has 30 heavy (non-hydrogen) atoms. The minimum absolute atomic E-state index is 1.12. The number of unbranched alkanes of at least 4 members (excludes halogenated alkanes) is 18. The molecule has 0 amide bonds. The van der Waals surface area contributed by atoms with Crippen molar-refractivity contribution < 1.29 is 0 Å². The lowest BCUT2D eigenvalue weighted by Crippen LogP contribution is -2.40. The molecule has 0 saturated heterocycles. The molecule has 0 spiro atoms. The summed E-state index contributed by atoms with van der Waals surface area (Å²) in [5, 5.41) is 1.63. The molecule has 0 heterocycles. The van der Waals surface area contributed by atoms with Crippen LogP contribution in [0.25, 0.3) is 0 Å². The molecule has 0 aromatic heterocycles. The number of benzene rings is 1. The smallest absolute Gasteiger partial charge is 0.0654 e. The summed E-state index contributed by atoms with van der Waals surface area (Å²) in [6, 6.07) is 12.7. The molecule has 0 aliphatic rings. The minimum atomic E-state index is -1.19. The van der Waals surface area contributed by atoms with Crippen LogP contribution in [0.4, 0.5) is 0 Å². The van der Waals surface area contributed by atoms with Crippen molar-refractivity contribution in [2.75, 3.05) is 0 Å². The topological polar surface area (TPSA) is 0 Å². The van der Waals surface area contributed by atoms with Gasteiger partial charge in [-0.05, 0) is 0 Å². The van der Waals surface area contributed by atoms with E-state index >= 15 is 0 Å². The molecular weight excluding hydrogens is 376 g/mol. The Balaban J connectivity index is 1.78. The van der Waals surface area contributed by atoms with Gasteiger partial charge in [0.25, 0.3) is 0 Å². The quantitative estimate of drug-likeness (QED) is 0.135. The van der Waals surface area contributed by atoms with Gasteiger partial charge in [-0.3, -0.25) is 0 Å². The summed E-state index contributed by atoms with van der Waals surface area (Å²) >= 11 is 0. The van der Waals surface area contributed by atoms with Crippen LogP contribution in [-0.2, 0) is 0 Å². The van der Waals surface area contributed by atoms with Crippen LogP contribution >= 0.6 is 0 Å². The highest BCUT2D eigenvalue weighted by molar-refractivity contribution is 6.89. The highest BCUT2D eigenvalue weighted by Crippen LogP contribution is 2.17. The lowest BCUT2D eigenvalue weighted by Gasteiger charge is -2.22. The predicted molar refractivity (Wildman–Crippen MR) is 141 cm³/mol. The Kier molecular flexibility index (Phi) is 17.5. The van der Waals surface area contributed by atoms with E-state index in [0.29, 0.717) is 0 Å². The van der Waals surface area contributed by atoms with E-state index in [1.54, 1.807) is 5.19 Å². The Morgan fingerprint density at radius 1 is 0.500 bits per heavy atom. The van der Waals surface area contributed by atoms with E-state index in [2.05, 4.69) is 50.3 Å². The highest BCUT2D eigenvalue weighted by atomic mass is 28.3. The lowest BCUT2D eigenvalue weighted by molar-refractivity contribution is 0.525. The van der Waals surface area contributed by atoms with Crippen LogP contribution in [-0.4, -0.2) is 8.07 Å². The van der Waals surface area contributed by atoms with Crippen molar-refractivity contribution in [3.8, 4) is 0 Å². The van der Waals surface area contributed by atoms with Gasteiger partial charge in [0.1, 0.15) is 0 Å². The summed E-state index contributed by atoms with van der Waals surface area (Å²) < 4.78 is 0. The van der Waals surface area contributed by atoms with E-state index < -0.39 is 8.07 Å². The summed E-state index contributed by atoms with van der Waals surface area (Å²) in [4.78, 5) is 0. The third-order valence-corrected chi connectivity index (χ3v) is 10.4. The van der Waals surface area contributed by atoms with Crippen LogP contribution in [0.1, 0.15) is 122 Å². The van der Waals surface area contributed by atoms with E-state index in [-0.39, 0.29) is 0 Å². The Bertz CT molecular complexity index is 465. The second kappa shape index (κ2) is 19.1. The first-order valence-electron chi connectivity index (χ1n) is 13.5. The molecule has 1 aromatic rings. The van der Waals surface area contributed by atoms with Gasteiger partial charge in [0, 0.05) is 0 Å². The second-order valence-corrected chi connectivity index (χ2v) is 15.1. The van der Waals surface area contributed by atoms with Gasteiger partial charge in [-0.25, -0.2) is 0 Å². The maximum absolute atomic E-state index is 3.92. The first-order chi connectivity index (χ1) is 14.7. The van der Waals surface area contributed by atoms with E-state index in [9.17, 15) is 0 Å². The number of hydrogen-bond donors (Lipinski definition) is 0. The minimum Gasteiger partial charge on any atom is -0.0654 e. The Labute approximate surface area is 191 Å². The zero-order valence-electron chi connectivity index (χ0n) is 20.7. The molecule has 0 unspecified atom stereocenters. The van der Waals surface area contributed by atoms with Crippen LogP contribution in [0.5, 0.6) is 0 Å². The third-order valence-electron chi connectivity index (χ3n) is 6.86. The average Bonchev–Trinajstić information content (AvgIpc) is 2.76. The normalized spacial score (nSPS) is 11.8. The monoisotopic (exact) mass is 429 g/mol. The van der Waals surface area contributed by atoms with E-state index in [0.717, 1.165) is 6.42 Å². The van der Waals surface area contributed by atoms with Gasteiger partial charge >= 0.3 is 0 Å². The van der Waals surface area contributed by atoms with Crippen molar-refractivity contribution in [1.29, 1.82) is 0 Å². The van der Waals surface area contributed by atoms with Crippen molar-refractivity contribution in [3.05, 3.63) is 37.3 Å². The predicted octanol–water partition coefficient (Wildman–Crippen LogP) is 9.85. The molecule has 0 bridgehead atoms. The van der Waals surface area contributed by atoms with Gasteiger partial charge in [0.2, 0.25) is 0 Å². The number of rotatable bonds is 21. The van der Waals surface area contributed by atoms with Crippen molar-refractivity contribution >= 4 is 13.3 Å². The van der Waals surface area contributed by atoms with Gasteiger partial charge in [0.15, 0.2) is 0 Å². The number of hydrogen-bond acceptors (Lipinski definition) is 0. The van der Waals surface area contributed by atoms with E-state index in [1.165, 1.54) is 122 Å². The molecule has 1 aromatic carbocycles. The second-order valence-electron chi connectivity index (χ2n) is 10.2. The van der Waals surface area contributed by atoms with Gasteiger partial charge in [0.05, 0.1) is 8.07 Å². The Morgan fingerprint density at radius 2 is 0.833 bits per heavy atom. The van der Waals surface area contributed by atoms with Crippen molar-refractivity contribution in [2.24, 2.45) is 0 Å². The SMILES string of the molecule is [CH2]CCCCCCCCCCCCCCCCCCCC[Si](C)(C)c1ccccc1. The fourth-order valence-electron chi connectivity index (χ4n) is 4.61. The van der Waals surface area contributed by atoms with Crippen molar-refractivity contribution in [1.82, 2.24) is 0 Å². The zero-order chi connectivity index (χ0) is 21.8. The summed E-state index contributed by atoms with van der Waals surface area (Å²) in [5.41, 5.74) is 0. The van der Waals surface area contributed by atoms with Gasteiger partial charge in [-0.1, -0.05) is 184 Å². The zero-order valence-corrected chi connectivity index (χ0v) is 21.7. The van der Waals surface area contributed by atoms with Gasteiger partial charge in [-0.2, -0.15) is 0 Å². The first kappa shape index (κ1) is 27.5. The fourth-order valence-corrected chi connectivity index (χ4v) is 7.12. The highest BCUT2D eigenvalue weighted by Gasteiger charge is 2.21. The third kappa shape index (κ3) is 15.3. The summed E-state index contributed by atoms with van der Waals surface area (Å²) in [7, 11) is -1.19. The molecule has 173 valence electrons. The van der Waals surface area contributed by atoms with Crippen LogP contribution < -0.4 is 5.19 Å². The van der Waals surface area contributed by atoms with Crippen LogP contribution in [0, 0.1) is 6.92 Å². The molecule has 0 atom stereocenters. The molecule has 1 rings (SSSR count). The first-order valence-corrected chi connectivity index (χ1v) is 16.7. The molecule has 0 saturated carbocycles. The molecule has 1 heteroatoms. The van der Waals surface area contributed by atoms with Crippen molar-refractivity contribution in [2.45, 2.75) is 141 Å². The summed E-state index contributed by atoms with van der Waals surface area (Å²) in [5.74, 6) is 0. The molecular formula is C29H53Si. The fraction of sp³-hybridized carbons (Fsp3) is 0.759. The Hall–Kier alpha value is -0.563. The molecule has 0 aliphatic heterocycles. The molecule has 0 aliphatic carbocycles. The lowest BCUT2D eigenvalue weighted by atomic mass is 10.0. The van der Waals surface area contributed by atoms with Gasteiger partial charge in [-0.15, -0.1) is 0 Å². The molecule has 0 N–H and O–H groups in total. The maximum Gasteiger partial charge on any atom is 0.0806 e. The van der Waals surface area contributed by atoms with Crippen LogP contribution in [0.2, 0.25) is 19.1 Å². The average molecular weight is 430 g/mol. The van der Waals surface area contributed by atoms with Crippen molar-refractivity contribution in [3.63, 3.8) is 0 Å². The molecule has 0 nitrogen and oxygen atoms in total. The summed E-state index contributed by atoms with van der Waals surface area (Å²) in [6.45, 7) is 8.99. The Morgan fingerprint density at radius 3 is 1.20 bits per heavy atom. The molecule has 0 fully saturated rings. The maximum atomic E-state index is 3.92. The van der Waals surface area contributed by atoms with E-state index in [4.69, 9.17) is 0 Å². The largest absolute Gasteiger partial charge is 0.0806 e. The standard InChI is InChI=1S/C29H53Si/c1-4-5-6-7-8-9-10-11-12-13-14-15-16-17-18-19-20-21-25-28-30(2,3)29-26-23-22-24-27-29/h22-24,26-27H,1,4-21,25,28H2,2-3H3. The van der Waals surface area contributed by atoms with E-state index in [1.807, 2.05) is 0 Å². The van der Waals surface area contributed by atoms with Gasteiger partial charge < -0.3 is 0 Å².